The van der Waals surface area contributed by atoms with Crippen LogP contribution >= 0.6 is 24.0 Å². The van der Waals surface area contributed by atoms with Crippen LogP contribution in [-0.4, -0.2) is 33.6 Å². The number of halogens is 1. The van der Waals surface area contributed by atoms with Crippen LogP contribution in [0.3, 0.4) is 0 Å². The van der Waals surface area contributed by atoms with Crippen molar-refractivity contribution in [2.24, 2.45) is 4.99 Å². The van der Waals surface area contributed by atoms with Crippen molar-refractivity contribution >= 4 is 51.4 Å². The summed E-state index contributed by atoms with van der Waals surface area (Å²) in [6.45, 7) is 4.87. The van der Waals surface area contributed by atoms with Gasteiger partial charge in [0.15, 0.2) is 15.8 Å². The molecule has 0 aliphatic carbocycles. The monoisotopic (exact) mass is 558 g/mol. The zero-order chi connectivity index (χ0) is 22.1. The Kier molecular flexibility index (Phi) is 11.0. The van der Waals surface area contributed by atoms with Crippen LogP contribution in [0.15, 0.2) is 52.4 Å². The fourth-order valence-corrected chi connectivity index (χ4v) is 3.95. The third-order valence-electron chi connectivity index (χ3n) is 4.50. The Hall–Kier alpha value is -2.14. The van der Waals surface area contributed by atoms with E-state index in [1.165, 1.54) is 6.26 Å². The number of sulfone groups is 1. The number of guanidine groups is 1. The minimum atomic E-state index is -3.22. The topological polar surface area (TPSA) is 99.7 Å². The molecule has 2 aromatic rings. The number of benzene rings is 2. The Bertz CT molecular complexity index is 1010. The maximum Gasteiger partial charge on any atom is 0.224 e. The third-order valence-corrected chi connectivity index (χ3v) is 5.75. The van der Waals surface area contributed by atoms with Gasteiger partial charge in [-0.2, -0.15) is 0 Å². The Morgan fingerprint density at radius 1 is 1.00 bits per heavy atom. The molecule has 7 nitrogen and oxygen atoms in total. The van der Waals surface area contributed by atoms with Crippen LogP contribution in [0, 0.1) is 6.92 Å². The first-order valence-corrected chi connectivity index (χ1v) is 11.7. The summed E-state index contributed by atoms with van der Waals surface area (Å²) in [5.41, 5.74) is 3.54. The summed E-state index contributed by atoms with van der Waals surface area (Å²) in [4.78, 5) is 16.2. The van der Waals surface area contributed by atoms with Crippen LogP contribution in [0.25, 0.3) is 0 Å². The van der Waals surface area contributed by atoms with Crippen LogP contribution in [0.5, 0.6) is 0 Å². The quantitative estimate of drug-likeness (QED) is 0.261. The summed E-state index contributed by atoms with van der Waals surface area (Å²) < 4.78 is 23.5. The predicted molar refractivity (Wildman–Crippen MR) is 137 cm³/mol. The lowest BCUT2D eigenvalue weighted by Gasteiger charge is -2.13. The van der Waals surface area contributed by atoms with Gasteiger partial charge >= 0.3 is 0 Å². The summed E-state index contributed by atoms with van der Waals surface area (Å²) >= 11 is 0. The molecule has 0 aromatic heterocycles. The first kappa shape index (κ1) is 26.9. The number of anilines is 1. The minimum absolute atomic E-state index is 0. The summed E-state index contributed by atoms with van der Waals surface area (Å²) in [7, 11) is -1.52. The molecule has 2 rings (SSSR count). The molecule has 0 saturated heterocycles. The first-order chi connectivity index (χ1) is 14.2. The Morgan fingerprint density at radius 2 is 1.58 bits per heavy atom. The number of amides is 1. The van der Waals surface area contributed by atoms with E-state index in [0.717, 1.165) is 28.8 Å². The van der Waals surface area contributed by atoms with Gasteiger partial charge in [-0.15, -0.1) is 24.0 Å². The summed E-state index contributed by atoms with van der Waals surface area (Å²) in [5.74, 6) is 0.660. The predicted octanol–water partition coefficient (Wildman–Crippen LogP) is 3.62. The molecule has 0 aliphatic rings. The largest absolute Gasteiger partial charge is 0.352 e. The second kappa shape index (κ2) is 12.7. The lowest BCUT2D eigenvalue weighted by atomic mass is 10.1. The molecule has 0 atom stereocenters. The van der Waals surface area contributed by atoms with Gasteiger partial charge in [-0.3, -0.25) is 9.79 Å². The molecule has 0 saturated carbocycles. The molecule has 0 spiro atoms. The summed E-state index contributed by atoms with van der Waals surface area (Å²) in [6.07, 6.45) is 2.55. The zero-order valence-electron chi connectivity index (χ0n) is 18.4. The van der Waals surface area contributed by atoms with Gasteiger partial charge in [0, 0.05) is 38.5 Å². The number of carbonyl (C=O) groups is 1. The molecule has 3 N–H and O–H groups in total. The SMILES string of the molecule is CCCC(=O)Nc1ccc(CNC(=NC)NCc2ccc(S(C)(=O)=O)c(C)c2)cc1.I. The van der Waals surface area contributed by atoms with Gasteiger partial charge in [0.05, 0.1) is 4.90 Å². The fourth-order valence-electron chi connectivity index (χ4n) is 2.99. The number of nitrogens with one attached hydrogen (secondary N) is 3. The maximum absolute atomic E-state index is 11.7. The number of aliphatic imine (C=N–C) groups is 1. The molecule has 2 aromatic carbocycles. The van der Waals surface area contributed by atoms with E-state index >= 15 is 0 Å². The highest BCUT2D eigenvalue weighted by molar-refractivity contribution is 14.0. The molecular formula is C22H31IN4O3S. The van der Waals surface area contributed by atoms with Crippen molar-refractivity contribution in [3.8, 4) is 0 Å². The van der Waals surface area contributed by atoms with Crippen LogP contribution < -0.4 is 16.0 Å². The van der Waals surface area contributed by atoms with E-state index in [4.69, 9.17) is 0 Å². The van der Waals surface area contributed by atoms with Crippen LogP contribution in [0.2, 0.25) is 0 Å². The molecular weight excluding hydrogens is 527 g/mol. The minimum Gasteiger partial charge on any atom is -0.352 e. The van der Waals surface area contributed by atoms with E-state index < -0.39 is 9.84 Å². The van der Waals surface area contributed by atoms with Crippen LogP contribution in [0.1, 0.15) is 36.5 Å². The Labute approximate surface area is 202 Å². The first-order valence-electron chi connectivity index (χ1n) is 9.85. The van der Waals surface area contributed by atoms with Gasteiger partial charge in [-0.1, -0.05) is 31.2 Å². The van der Waals surface area contributed by atoms with Crippen LogP contribution in [0.4, 0.5) is 5.69 Å². The second-order valence-electron chi connectivity index (χ2n) is 7.15. The lowest BCUT2D eigenvalue weighted by Crippen LogP contribution is -2.36. The van der Waals surface area contributed by atoms with Crippen molar-refractivity contribution in [3.63, 3.8) is 0 Å². The van der Waals surface area contributed by atoms with Crippen molar-refractivity contribution in [1.29, 1.82) is 0 Å². The van der Waals surface area contributed by atoms with Gasteiger partial charge in [0.25, 0.3) is 0 Å². The molecule has 0 bridgehead atoms. The number of aryl methyl sites for hydroxylation is 1. The molecule has 0 aliphatic heterocycles. The summed E-state index contributed by atoms with van der Waals surface area (Å²) in [5, 5.41) is 9.34. The van der Waals surface area contributed by atoms with Crippen LogP contribution in [-0.2, 0) is 27.7 Å². The number of nitrogens with zero attached hydrogens (tertiary/aromatic N) is 1. The van der Waals surface area contributed by atoms with Gasteiger partial charge in [0.1, 0.15) is 0 Å². The van der Waals surface area contributed by atoms with E-state index in [0.29, 0.717) is 30.4 Å². The molecule has 0 unspecified atom stereocenters. The number of carbonyl (C=O) groups excluding carboxylic acids is 1. The smallest absolute Gasteiger partial charge is 0.224 e. The maximum atomic E-state index is 11.7. The number of rotatable bonds is 8. The van der Waals surface area contributed by atoms with Crippen molar-refractivity contribution in [1.82, 2.24) is 10.6 Å². The van der Waals surface area contributed by atoms with E-state index in [-0.39, 0.29) is 29.9 Å². The molecule has 31 heavy (non-hydrogen) atoms. The zero-order valence-corrected chi connectivity index (χ0v) is 21.5. The van der Waals surface area contributed by atoms with E-state index in [2.05, 4.69) is 20.9 Å². The Morgan fingerprint density at radius 3 is 2.10 bits per heavy atom. The van der Waals surface area contributed by atoms with E-state index in [1.54, 1.807) is 26.1 Å². The van der Waals surface area contributed by atoms with Gasteiger partial charge < -0.3 is 16.0 Å². The molecule has 9 heteroatoms. The normalized spacial score (nSPS) is 11.4. The van der Waals surface area contributed by atoms with E-state index in [9.17, 15) is 13.2 Å². The Balaban J connectivity index is 0.00000480. The standard InChI is InChI=1S/C22H30N4O3S.HI/c1-5-6-21(27)26-19-10-7-17(8-11-19)14-24-22(23-3)25-15-18-9-12-20(16(2)13-18)30(4,28)29;/h7-13H,5-6,14-15H2,1-4H3,(H,26,27)(H2,23,24,25);1H. The molecule has 0 heterocycles. The third kappa shape index (κ3) is 8.86. The molecule has 170 valence electrons. The summed E-state index contributed by atoms with van der Waals surface area (Å²) in [6, 6.07) is 13.0. The highest BCUT2D eigenvalue weighted by Crippen LogP contribution is 2.16. The fraction of sp³-hybridized carbons (Fsp3) is 0.364. The van der Waals surface area contributed by atoms with Gasteiger partial charge in [-0.05, 0) is 48.2 Å². The molecule has 1 amide bonds. The average Bonchev–Trinajstić information content (AvgIpc) is 2.68. The lowest BCUT2D eigenvalue weighted by molar-refractivity contribution is -0.116. The van der Waals surface area contributed by atoms with Gasteiger partial charge in [-0.25, -0.2) is 8.42 Å². The number of hydrogen-bond acceptors (Lipinski definition) is 4. The molecule has 0 radical (unpaired) electrons. The number of hydrogen-bond donors (Lipinski definition) is 3. The highest BCUT2D eigenvalue weighted by Gasteiger charge is 2.11. The second-order valence-corrected chi connectivity index (χ2v) is 9.13. The van der Waals surface area contributed by atoms with Crippen molar-refractivity contribution in [3.05, 3.63) is 59.2 Å². The highest BCUT2D eigenvalue weighted by atomic mass is 127. The average molecular weight is 558 g/mol. The molecule has 0 fully saturated rings. The van der Waals surface area contributed by atoms with Crippen molar-refractivity contribution in [2.45, 2.75) is 44.7 Å². The van der Waals surface area contributed by atoms with Crippen molar-refractivity contribution in [2.75, 3.05) is 18.6 Å². The van der Waals surface area contributed by atoms with Gasteiger partial charge in [0.2, 0.25) is 5.91 Å². The van der Waals surface area contributed by atoms with Crippen molar-refractivity contribution < 1.29 is 13.2 Å². The van der Waals surface area contributed by atoms with E-state index in [1.807, 2.05) is 37.3 Å².